The number of hydrogen-bond acceptors (Lipinski definition) is 3. The number of hydrogen-bond donors (Lipinski definition) is 0. The van der Waals surface area contributed by atoms with Gasteiger partial charge in [-0.15, -0.1) is 0 Å². The van der Waals surface area contributed by atoms with E-state index in [4.69, 9.17) is 9.47 Å². The van der Waals surface area contributed by atoms with Crippen molar-refractivity contribution in [3.05, 3.63) is 0 Å². The van der Waals surface area contributed by atoms with E-state index in [-0.39, 0.29) is 5.91 Å². The second-order valence-electron chi connectivity index (χ2n) is 4.22. The summed E-state index contributed by atoms with van der Waals surface area (Å²) in [4.78, 5) is 2.34. The van der Waals surface area contributed by atoms with Gasteiger partial charge in [0.05, 0.1) is 12.2 Å². The Labute approximate surface area is 80.0 Å². The van der Waals surface area contributed by atoms with Crippen molar-refractivity contribution >= 4 is 0 Å². The van der Waals surface area contributed by atoms with E-state index in [1.165, 1.54) is 0 Å². The summed E-state index contributed by atoms with van der Waals surface area (Å²) in [6.45, 7) is 8.44. The molecule has 0 radical (unpaired) electrons. The van der Waals surface area contributed by atoms with Crippen molar-refractivity contribution in [2.24, 2.45) is 0 Å². The van der Waals surface area contributed by atoms with Crippen molar-refractivity contribution in [1.82, 2.24) is 4.90 Å². The summed E-state index contributed by atoms with van der Waals surface area (Å²) in [5.74, 6) is -0.367. The van der Waals surface area contributed by atoms with Crippen LogP contribution in [-0.4, -0.2) is 36.1 Å². The molecule has 2 heterocycles. The molecule has 2 aliphatic rings. The van der Waals surface area contributed by atoms with E-state index in [1.807, 2.05) is 0 Å². The van der Waals surface area contributed by atoms with Crippen LogP contribution in [-0.2, 0) is 9.47 Å². The Hall–Kier alpha value is -0.120. The van der Waals surface area contributed by atoms with Crippen LogP contribution >= 0.6 is 0 Å². The molecule has 2 aliphatic heterocycles. The molecular weight excluding hydrogens is 166 g/mol. The van der Waals surface area contributed by atoms with E-state index >= 15 is 0 Å². The van der Waals surface area contributed by atoms with Gasteiger partial charge >= 0.3 is 0 Å². The van der Waals surface area contributed by atoms with Crippen LogP contribution < -0.4 is 0 Å². The van der Waals surface area contributed by atoms with Crippen LogP contribution in [0.15, 0.2) is 0 Å². The van der Waals surface area contributed by atoms with Crippen LogP contribution in [0, 0.1) is 0 Å². The fraction of sp³-hybridized carbons (Fsp3) is 1.00. The van der Waals surface area contributed by atoms with E-state index in [9.17, 15) is 0 Å². The number of ether oxygens (including phenoxy) is 2. The Kier molecular flexibility index (Phi) is 2.34. The molecule has 0 aromatic rings. The molecular formula is C10H19NO2. The maximum atomic E-state index is 5.89. The molecule has 0 N–H and O–H groups in total. The molecule has 3 nitrogen and oxygen atoms in total. The molecule has 0 amide bonds. The van der Waals surface area contributed by atoms with Crippen molar-refractivity contribution in [3.63, 3.8) is 0 Å². The monoisotopic (exact) mass is 185 g/mol. The zero-order valence-electron chi connectivity index (χ0n) is 8.75. The van der Waals surface area contributed by atoms with Crippen molar-refractivity contribution in [2.45, 2.75) is 51.7 Å². The summed E-state index contributed by atoms with van der Waals surface area (Å²) in [5.41, 5.74) is 0. The molecule has 3 heteroatoms. The lowest BCUT2D eigenvalue weighted by Gasteiger charge is -2.28. The van der Waals surface area contributed by atoms with Crippen LogP contribution in [0.5, 0.6) is 0 Å². The summed E-state index contributed by atoms with van der Waals surface area (Å²) in [6.07, 6.45) is 2.73. The van der Waals surface area contributed by atoms with Crippen LogP contribution in [0.2, 0.25) is 0 Å². The summed E-state index contributed by atoms with van der Waals surface area (Å²) < 4.78 is 11.8. The number of rotatable bonds is 2. The number of fused-ring (bicyclic) bond motifs is 1. The van der Waals surface area contributed by atoms with Gasteiger partial charge in [0, 0.05) is 19.5 Å². The lowest BCUT2D eigenvalue weighted by molar-refractivity contribution is -0.257. The molecule has 76 valence electrons. The average molecular weight is 185 g/mol. The Morgan fingerprint density at radius 2 is 1.77 bits per heavy atom. The first-order valence-corrected chi connectivity index (χ1v) is 5.27. The average Bonchev–Trinajstić information content (AvgIpc) is 2.40. The second-order valence-corrected chi connectivity index (χ2v) is 4.22. The minimum absolute atomic E-state index is 0.319. The van der Waals surface area contributed by atoms with Gasteiger partial charge in [-0.25, -0.2) is 4.90 Å². The largest absolute Gasteiger partial charge is 0.333 e. The van der Waals surface area contributed by atoms with Gasteiger partial charge in [-0.05, 0) is 20.3 Å². The van der Waals surface area contributed by atoms with Gasteiger partial charge in [-0.3, -0.25) is 0 Å². The molecule has 2 fully saturated rings. The second kappa shape index (κ2) is 3.23. The highest BCUT2D eigenvalue weighted by atomic mass is 16.7. The van der Waals surface area contributed by atoms with E-state index in [0.29, 0.717) is 12.2 Å². The fourth-order valence-electron chi connectivity index (χ4n) is 2.45. The first-order valence-electron chi connectivity index (χ1n) is 5.27. The Morgan fingerprint density at radius 3 is 2.23 bits per heavy atom. The minimum Gasteiger partial charge on any atom is -0.333 e. The fourth-order valence-corrected chi connectivity index (χ4v) is 2.45. The van der Waals surface area contributed by atoms with Gasteiger partial charge in [-0.1, -0.05) is 6.92 Å². The zero-order valence-corrected chi connectivity index (χ0v) is 8.75. The quantitative estimate of drug-likeness (QED) is 0.652. The third-order valence-corrected chi connectivity index (χ3v) is 2.77. The lowest BCUT2D eigenvalue weighted by atomic mass is 10.2. The van der Waals surface area contributed by atoms with Gasteiger partial charge in [0.1, 0.15) is 0 Å². The van der Waals surface area contributed by atoms with E-state index in [1.54, 1.807) is 0 Å². The topological polar surface area (TPSA) is 21.7 Å². The smallest absolute Gasteiger partial charge is 0.230 e. The maximum Gasteiger partial charge on any atom is 0.230 e. The summed E-state index contributed by atoms with van der Waals surface area (Å²) in [6, 6.07) is 0. The molecule has 13 heavy (non-hydrogen) atoms. The molecule has 0 bridgehead atoms. The van der Waals surface area contributed by atoms with Crippen LogP contribution in [0.3, 0.4) is 0 Å². The molecule has 0 aromatic heterocycles. The molecule has 2 unspecified atom stereocenters. The Balaban J connectivity index is 2.11. The normalized spacial score (nSPS) is 45.5. The molecule has 0 saturated carbocycles. The zero-order chi connectivity index (χ0) is 9.47. The molecule has 2 saturated heterocycles. The standard InChI is InChI=1S/C10H19NO2/c1-4-5-10-11(6-8(2)12-10)7-9(3)13-10/h8-9H,4-7H2,1-3H3. The van der Waals surface area contributed by atoms with E-state index in [0.717, 1.165) is 25.9 Å². The Morgan fingerprint density at radius 1 is 1.23 bits per heavy atom. The van der Waals surface area contributed by atoms with Crippen LogP contribution in [0.25, 0.3) is 0 Å². The SMILES string of the molecule is CCCC12OC(C)CN1CC(C)O2. The van der Waals surface area contributed by atoms with Gasteiger partial charge in [0.15, 0.2) is 0 Å². The van der Waals surface area contributed by atoms with Crippen molar-refractivity contribution in [3.8, 4) is 0 Å². The summed E-state index contributed by atoms with van der Waals surface area (Å²) in [7, 11) is 0. The predicted molar refractivity (Wildman–Crippen MR) is 50.3 cm³/mol. The highest BCUT2D eigenvalue weighted by molar-refractivity contribution is 4.89. The molecule has 2 rings (SSSR count). The summed E-state index contributed by atoms with van der Waals surface area (Å²) in [5, 5.41) is 0. The van der Waals surface area contributed by atoms with Crippen molar-refractivity contribution in [1.29, 1.82) is 0 Å². The van der Waals surface area contributed by atoms with E-state index < -0.39 is 0 Å². The van der Waals surface area contributed by atoms with Gasteiger partial charge < -0.3 is 9.47 Å². The maximum absolute atomic E-state index is 5.89. The van der Waals surface area contributed by atoms with Gasteiger partial charge in [0.25, 0.3) is 0 Å². The lowest BCUT2D eigenvalue weighted by Crippen LogP contribution is -2.40. The van der Waals surface area contributed by atoms with Crippen molar-refractivity contribution in [2.75, 3.05) is 13.1 Å². The summed E-state index contributed by atoms with van der Waals surface area (Å²) >= 11 is 0. The molecule has 0 spiro atoms. The number of nitrogens with zero attached hydrogens (tertiary/aromatic N) is 1. The molecule has 2 atom stereocenters. The highest BCUT2D eigenvalue weighted by Crippen LogP contribution is 2.38. The minimum atomic E-state index is -0.367. The van der Waals surface area contributed by atoms with Gasteiger partial charge in [0.2, 0.25) is 5.91 Å². The third kappa shape index (κ3) is 1.49. The van der Waals surface area contributed by atoms with Crippen LogP contribution in [0.1, 0.15) is 33.6 Å². The van der Waals surface area contributed by atoms with E-state index in [2.05, 4.69) is 25.7 Å². The van der Waals surface area contributed by atoms with Crippen LogP contribution in [0.4, 0.5) is 0 Å². The first-order chi connectivity index (χ1) is 6.16. The van der Waals surface area contributed by atoms with Gasteiger partial charge in [-0.2, -0.15) is 0 Å². The first kappa shape index (κ1) is 9.44. The third-order valence-electron chi connectivity index (χ3n) is 2.77. The predicted octanol–water partition coefficient (Wildman–Crippen LogP) is 1.58. The molecule has 0 aromatic carbocycles. The highest BCUT2D eigenvalue weighted by Gasteiger charge is 2.51. The Bertz CT molecular complexity index is 181. The van der Waals surface area contributed by atoms with Crippen molar-refractivity contribution < 1.29 is 9.47 Å². The molecule has 0 aliphatic carbocycles.